The van der Waals surface area contributed by atoms with Gasteiger partial charge in [-0.3, -0.25) is 0 Å². The van der Waals surface area contributed by atoms with Crippen LogP contribution in [0.4, 0.5) is 23.4 Å². The SMILES string of the molecule is NOOSc1cccc(-c2c(-c3ccc(F)cc3)nc(C(F)(F)F)nc2N2CCC(N3CCCCC3)CC2)c1. The van der Waals surface area contributed by atoms with Crippen molar-refractivity contribution in [2.75, 3.05) is 31.1 Å². The van der Waals surface area contributed by atoms with Crippen molar-refractivity contribution in [3.63, 3.8) is 0 Å². The number of alkyl halides is 3. The average molecular weight is 564 g/mol. The van der Waals surface area contributed by atoms with E-state index in [9.17, 15) is 17.6 Å². The fraction of sp³-hybridized carbons (Fsp3) is 0.407. The molecule has 1 aromatic heterocycles. The van der Waals surface area contributed by atoms with Crippen LogP contribution in [-0.2, 0) is 15.5 Å². The molecule has 2 aliphatic rings. The van der Waals surface area contributed by atoms with Crippen LogP contribution in [0.15, 0.2) is 53.4 Å². The third-order valence-electron chi connectivity index (χ3n) is 7.22. The Bertz CT molecular complexity index is 1260. The van der Waals surface area contributed by atoms with Crippen LogP contribution in [0.1, 0.15) is 37.9 Å². The highest BCUT2D eigenvalue weighted by Gasteiger charge is 2.38. The van der Waals surface area contributed by atoms with Gasteiger partial charge in [0.05, 0.1) is 23.3 Å². The van der Waals surface area contributed by atoms with Crippen LogP contribution < -0.4 is 10.8 Å². The summed E-state index contributed by atoms with van der Waals surface area (Å²) in [6.07, 6.45) is 0.492. The maximum absolute atomic E-state index is 14.1. The van der Waals surface area contributed by atoms with E-state index < -0.39 is 17.8 Å². The Hall–Kier alpha value is -2.77. The molecule has 0 spiro atoms. The Morgan fingerprint density at radius 2 is 1.62 bits per heavy atom. The van der Waals surface area contributed by atoms with E-state index in [0.717, 1.165) is 38.0 Å². The van der Waals surface area contributed by atoms with Gasteiger partial charge in [-0.15, -0.1) is 9.32 Å². The zero-order valence-corrected chi connectivity index (χ0v) is 22.0. The minimum absolute atomic E-state index is 0.0728. The van der Waals surface area contributed by atoms with Gasteiger partial charge in [0.15, 0.2) is 0 Å². The van der Waals surface area contributed by atoms with Crippen LogP contribution in [0.5, 0.6) is 0 Å². The third kappa shape index (κ3) is 6.52. The Balaban J connectivity index is 1.61. The molecule has 0 saturated carbocycles. The van der Waals surface area contributed by atoms with E-state index in [2.05, 4.69) is 19.9 Å². The van der Waals surface area contributed by atoms with Crippen molar-refractivity contribution >= 4 is 17.9 Å². The topological polar surface area (TPSA) is 76.7 Å². The van der Waals surface area contributed by atoms with Crippen molar-refractivity contribution in [2.24, 2.45) is 5.90 Å². The van der Waals surface area contributed by atoms with Gasteiger partial charge in [-0.2, -0.15) is 19.1 Å². The summed E-state index contributed by atoms with van der Waals surface area (Å²) in [4.78, 5) is 17.3. The molecule has 0 atom stereocenters. The second-order valence-electron chi connectivity index (χ2n) is 9.69. The fourth-order valence-corrected chi connectivity index (χ4v) is 5.80. The Labute approximate surface area is 228 Å². The van der Waals surface area contributed by atoms with E-state index in [1.807, 2.05) is 4.90 Å². The van der Waals surface area contributed by atoms with Crippen molar-refractivity contribution in [1.29, 1.82) is 0 Å². The smallest absolute Gasteiger partial charge is 0.356 e. The first-order valence-corrected chi connectivity index (χ1v) is 13.6. The highest BCUT2D eigenvalue weighted by Crippen LogP contribution is 2.42. The van der Waals surface area contributed by atoms with Gasteiger partial charge in [0.1, 0.15) is 11.6 Å². The van der Waals surface area contributed by atoms with Crippen LogP contribution in [-0.4, -0.2) is 47.1 Å². The van der Waals surface area contributed by atoms with Crippen LogP contribution in [0.25, 0.3) is 22.4 Å². The lowest BCUT2D eigenvalue weighted by molar-refractivity contribution is -0.195. The summed E-state index contributed by atoms with van der Waals surface area (Å²) in [6.45, 7) is 3.25. The number of nitrogens with zero attached hydrogens (tertiary/aromatic N) is 4. The normalized spacial score (nSPS) is 17.5. The number of benzene rings is 2. The molecule has 7 nitrogen and oxygen atoms in total. The van der Waals surface area contributed by atoms with Gasteiger partial charge in [-0.05, 0) is 80.7 Å². The fourth-order valence-electron chi connectivity index (χ4n) is 5.38. The number of anilines is 1. The third-order valence-corrected chi connectivity index (χ3v) is 7.82. The molecule has 2 N–H and O–H groups in total. The number of piperidine rings is 2. The van der Waals surface area contributed by atoms with Crippen LogP contribution in [0.2, 0.25) is 0 Å². The monoisotopic (exact) mass is 563 g/mol. The average Bonchev–Trinajstić information content (AvgIpc) is 2.96. The van der Waals surface area contributed by atoms with Gasteiger partial charge in [-0.1, -0.05) is 18.6 Å². The highest BCUT2D eigenvalue weighted by molar-refractivity contribution is 7.94. The summed E-state index contributed by atoms with van der Waals surface area (Å²) in [5.41, 5.74) is 1.44. The summed E-state index contributed by atoms with van der Waals surface area (Å²) >= 11 is 0.861. The van der Waals surface area contributed by atoms with Crippen molar-refractivity contribution in [3.8, 4) is 22.4 Å². The molecule has 0 radical (unpaired) electrons. The summed E-state index contributed by atoms with van der Waals surface area (Å²) < 4.78 is 60.8. The van der Waals surface area contributed by atoms with Gasteiger partial charge in [0, 0.05) is 29.6 Å². The minimum Gasteiger partial charge on any atom is -0.356 e. The van der Waals surface area contributed by atoms with E-state index >= 15 is 0 Å². The molecule has 5 rings (SSSR count). The second-order valence-corrected chi connectivity index (χ2v) is 10.5. The number of aromatic nitrogens is 2. The van der Waals surface area contributed by atoms with Crippen molar-refractivity contribution < 1.29 is 26.9 Å². The first kappa shape index (κ1) is 27.8. The molecule has 0 aliphatic carbocycles. The minimum atomic E-state index is -4.77. The quantitative estimate of drug-likeness (QED) is 0.156. The molecule has 0 bridgehead atoms. The Kier molecular flexibility index (Phi) is 8.67. The second kappa shape index (κ2) is 12.2. The van der Waals surface area contributed by atoms with Gasteiger partial charge in [0.25, 0.3) is 0 Å². The number of likely N-dealkylation sites (tertiary alicyclic amines) is 1. The molecular formula is C27H29F4N5O2S. The predicted molar refractivity (Wildman–Crippen MR) is 141 cm³/mol. The summed E-state index contributed by atoms with van der Waals surface area (Å²) in [7, 11) is 0. The molecule has 3 aromatic rings. The molecule has 12 heteroatoms. The lowest BCUT2D eigenvalue weighted by Crippen LogP contribution is -2.47. The summed E-state index contributed by atoms with van der Waals surface area (Å²) in [6, 6.07) is 12.7. The molecule has 0 amide bonds. The van der Waals surface area contributed by atoms with Crippen molar-refractivity contribution in [1.82, 2.24) is 14.9 Å². The standard InChI is InChI=1S/C27H29F4N5O2S/c28-20-9-7-18(8-10-20)24-23(19-5-4-6-22(17-19)39-38-37-32)25(34-26(33-24)27(29,30)31)36-15-11-21(12-16-36)35-13-2-1-3-14-35/h4-10,17,21H,1-3,11-16,32H2. The zero-order valence-electron chi connectivity index (χ0n) is 21.2. The maximum Gasteiger partial charge on any atom is 0.451 e. The summed E-state index contributed by atoms with van der Waals surface area (Å²) in [5.74, 6) is 3.44. The first-order chi connectivity index (χ1) is 18.8. The highest BCUT2D eigenvalue weighted by atomic mass is 32.2. The van der Waals surface area contributed by atoms with E-state index in [0.29, 0.717) is 40.7 Å². The number of nitrogens with two attached hydrogens (primary N) is 1. The van der Waals surface area contributed by atoms with E-state index in [-0.39, 0.29) is 11.5 Å². The lowest BCUT2D eigenvalue weighted by atomic mass is 9.96. The van der Waals surface area contributed by atoms with Crippen molar-refractivity contribution in [3.05, 3.63) is 60.2 Å². The molecule has 2 fully saturated rings. The van der Waals surface area contributed by atoms with Crippen LogP contribution in [0.3, 0.4) is 0 Å². The molecule has 2 saturated heterocycles. The largest absolute Gasteiger partial charge is 0.451 e. The first-order valence-electron chi connectivity index (χ1n) is 12.9. The molecule has 3 heterocycles. The van der Waals surface area contributed by atoms with Gasteiger partial charge >= 0.3 is 6.18 Å². The van der Waals surface area contributed by atoms with Gasteiger partial charge in [-0.25, -0.2) is 14.4 Å². The van der Waals surface area contributed by atoms with E-state index in [1.54, 1.807) is 24.3 Å². The van der Waals surface area contributed by atoms with Crippen LogP contribution in [0, 0.1) is 5.82 Å². The number of rotatable bonds is 7. The molecule has 2 aromatic carbocycles. The summed E-state index contributed by atoms with van der Waals surface area (Å²) in [5, 5.41) is 0. The maximum atomic E-state index is 14.1. The Morgan fingerprint density at radius 1 is 0.897 bits per heavy atom. The zero-order chi connectivity index (χ0) is 27.4. The van der Waals surface area contributed by atoms with Crippen LogP contribution >= 0.6 is 12.0 Å². The number of hydrogen-bond acceptors (Lipinski definition) is 8. The number of hydrogen-bond donors (Lipinski definition) is 1. The molecule has 2 aliphatic heterocycles. The van der Waals surface area contributed by atoms with Crippen molar-refractivity contribution in [2.45, 2.75) is 49.2 Å². The Morgan fingerprint density at radius 3 is 2.28 bits per heavy atom. The van der Waals surface area contributed by atoms with Gasteiger partial charge in [0.2, 0.25) is 5.82 Å². The van der Waals surface area contributed by atoms with E-state index in [1.165, 1.54) is 43.5 Å². The molecule has 0 unspecified atom stereocenters. The van der Waals surface area contributed by atoms with E-state index in [4.69, 9.17) is 10.2 Å². The number of halogens is 4. The molecular weight excluding hydrogens is 534 g/mol. The lowest BCUT2D eigenvalue weighted by Gasteiger charge is -2.41. The molecule has 39 heavy (non-hydrogen) atoms. The predicted octanol–water partition coefficient (Wildman–Crippen LogP) is 6.25. The van der Waals surface area contributed by atoms with Gasteiger partial charge < -0.3 is 9.80 Å². The molecule has 208 valence electrons.